The van der Waals surface area contributed by atoms with Crippen LogP contribution in [0.3, 0.4) is 0 Å². The van der Waals surface area contributed by atoms with Gasteiger partial charge in [-0.1, -0.05) is 30.3 Å². The molecule has 4 rings (SSSR count). The van der Waals surface area contributed by atoms with E-state index in [2.05, 4.69) is 10.2 Å². The lowest BCUT2D eigenvalue weighted by molar-refractivity contribution is -0.119. The van der Waals surface area contributed by atoms with Crippen molar-refractivity contribution in [2.45, 2.75) is 56.0 Å². The average molecular weight is 401 g/mol. The molecule has 2 aromatic heterocycles. The van der Waals surface area contributed by atoms with Crippen molar-refractivity contribution in [1.29, 1.82) is 0 Å². The summed E-state index contributed by atoms with van der Waals surface area (Å²) < 4.78 is 9.00. The fourth-order valence-corrected chi connectivity index (χ4v) is 4.85. The summed E-state index contributed by atoms with van der Waals surface area (Å²) >= 11 is 1.47. The molecular formula is C20H24N4O3S. The van der Waals surface area contributed by atoms with E-state index in [0.717, 1.165) is 31.2 Å². The maximum Gasteiger partial charge on any atom is 0.262 e. The van der Waals surface area contributed by atoms with Crippen LogP contribution in [0.25, 0.3) is 16.7 Å². The second-order valence-corrected chi connectivity index (χ2v) is 8.13. The van der Waals surface area contributed by atoms with Crippen LogP contribution in [-0.4, -0.2) is 43.4 Å². The number of hydrogen-bond acceptors (Lipinski definition) is 6. The standard InChI is InChI=1S/C20H24N4O3S/c1-2-27-13-7-12-23-18(26)14-8-3-4-9-15(14)24-19(23)21-22-20(24)28-17-11-6-5-10-16(17)25/h3-4,8-9,17H,2,5-7,10-13H2,1H3. The van der Waals surface area contributed by atoms with Gasteiger partial charge in [0, 0.05) is 26.2 Å². The molecule has 1 unspecified atom stereocenters. The molecule has 2 heterocycles. The summed E-state index contributed by atoms with van der Waals surface area (Å²) in [5, 5.41) is 9.89. The number of aromatic nitrogens is 4. The molecule has 1 atom stereocenters. The summed E-state index contributed by atoms with van der Waals surface area (Å²) in [7, 11) is 0. The number of Topliss-reactive ketones (excluding diaryl/α,β-unsaturated/α-hetero) is 1. The molecule has 1 aromatic carbocycles. The van der Waals surface area contributed by atoms with Crippen LogP contribution in [0.4, 0.5) is 0 Å². The Labute approximate surface area is 167 Å². The Hall–Kier alpha value is -2.19. The minimum atomic E-state index is -0.0850. The Balaban J connectivity index is 1.79. The topological polar surface area (TPSA) is 78.5 Å². The SMILES string of the molecule is CCOCCCn1c(=O)c2ccccc2n2c(SC3CCCCC3=O)nnc12. The number of thioether (sulfide) groups is 1. The van der Waals surface area contributed by atoms with Gasteiger partial charge in [0.1, 0.15) is 5.78 Å². The second kappa shape index (κ2) is 8.45. The van der Waals surface area contributed by atoms with Gasteiger partial charge < -0.3 is 4.74 Å². The van der Waals surface area contributed by atoms with E-state index >= 15 is 0 Å². The highest BCUT2D eigenvalue weighted by molar-refractivity contribution is 8.00. The molecule has 1 aliphatic rings. The zero-order chi connectivity index (χ0) is 19.5. The van der Waals surface area contributed by atoms with Crippen molar-refractivity contribution in [2.75, 3.05) is 13.2 Å². The van der Waals surface area contributed by atoms with Crippen molar-refractivity contribution in [2.24, 2.45) is 0 Å². The van der Waals surface area contributed by atoms with Gasteiger partial charge in [0.05, 0.1) is 16.2 Å². The molecule has 1 saturated carbocycles. The zero-order valence-corrected chi connectivity index (χ0v) is 16.8. The molecule has 0 radical (unpaired) electrons. The first-order chi connectivity index (χ1) is 13.7. The van der Waals surface area contributed by atoms with E-state index in [0.29, 0.717) is 42.5 Å². The highest BCUT2D eigenvalue weighted by atomic mass is 32.2. The average Bonchev–Trinajstić information content (AvgIpc) is 3.13. The molecule has 8 heteroatoms. The molecule has 0 saturated heterocycles. The number of aryl methyl sites for hydroxylation is 1. The number of fused-ring (bicyclic) bond motifs is 3. The summed E-state index contributed by atoms with van der Waals surface area (Å²) in [5.74, 6) is 0.799. The third-order valence-electron chi connectivity index (χ3n) is 5.10. The Morgan fingerprint density at radius 2 is 2.07 bits per heavy atom. The van der Waals surface area contributed by atoms with Crippen molar-refractivity contribution >= 4 is 34.2 Å². The number of carbonyl (C=O) groups excluding carboxylic acids is 1. The predicted octanol–water partition coefficient (Wildman–Crippen LogP) is 3.07. The number of carbonyl (C=O) groups is 1. The van der Waals surface area contributed by atoms with Crippen LogP contribution in [-0.2, 0) is 16.1 Å². The second-order valence-electron chi connectivity index (χ2n) is 6.96. The molecular weight excluding hydrogens is 376 g/mol. The molecule has 7 nitrogen and oxygen atoms in total. The van der Waals surface area contributed by atoms with Gasteiger partial charge in [0.25, 0.3) is 5.56 Å². The van der Waals surface area contributed by atoms with Crippen LogP contribution in [0.15, 0.2) is 34.2 Å². The van der Waals surface area contributed by atoms with Gasteiger partial charge in [-0.05, 0) is 38.3 Å². The molecule has 0 spiro atoms. The van der Waals surface area contributed by atoms with Gasteiger partial charge in [-0.25, -0.2) is 0 Å². The van der Waals surface area contributed by atoms with E-state index in [-0.39, 0.29) is 16.6 Å². The molecule has 0 bridgehead atoms. The van der Waals surface area contributed by atoms with E-state index in [1.165, 1.54) is 11.8 Å². The van der Waals surface area contributed by atoms with Gasteiger partial charge >= 0.3 is 0 Å². The third kappa shape index (κ3) is 3.58. The van der Waals surface area contributed by atoms with Crippen LogP contribution in [0.5, 0.6) is 0 Å². The first-order valence-electron chi connectivity index (χ1n) is 9.84. The lowest BCUT2D eigenvalue weighted by Gasteiger charge is -2.19. The predicted molar refractivity (Wildman–Crippen MR) is 109 cm³/mol. The maximum absolute atomic E-state index is 13.0. The Morgan fingerprint density at radius 1 is 1.21 bits per heavy atom. The molecule has 0 N–H and O–H groups in total. The van der Waals surface area contributed by atoms with Crippen molar-refractivity contribution in [1.82, 2.24) is 19.2 Å². The molecule has 1 fully saturated rings. The van der Waals surface area contributed by atoms with E-state index in [9.17, 15) is 9.59 Å². The lowest BCUT2D eigenvalue weighted by atomic mass is 9.99. The van der Waals surface area contributed by atoms with E-state index in [4.69, 9.17) is 4.74 Å². The first-order valence-corrected chi connectivity index (χ1v) is 10.7. The van der Waals surface area contributed by atoms with E-state index in [1.54, 1.807) is 4.57 Å². The van der Waals surface area contributed by atoms with E-state index in [1.807, 2.05) is 35.6 Å². The van der Waals surface area contributed by atoms with Crippen LogP contribution < -0.4 is 5.56 Å². The van der Waals surface area contributed by atoms with Gasteiger partial charge in [-0.3, -0.25) is 18.6 Å². The quantitative estimate of drug-likeness (QED) is 0.567. The van der Waals surface area contributed by atoms with Gasteiger partial charge in [-0.15, -0.1) is 10.2 Å². The Kier molecular flexibility index (Phi) is 5.77. The molecule has 1 aliphatic carbocycles. The molecule has 0 aliphatic heterocycles. The van der Waals surface area contributed by atoms with Crippen molar-refractivity contribution in [3.63, 3.8) is 0 Å². The minimum Gasteiger partial charge on any atom is -0.382 e. The van der Waals surface area contributed by atoms with Crippen LogP contribution in [0.2, 0.25) is 0 Å². The molecule has 3 aromatic rings. The van der Waals surface area contributed by atoms with Crippen LogP contribution in [0, 0.1) is 0 Å². The molecule has 28 heavy (non-hydrogen) atoms. The number of hydrogen-bond donors (Lipinski definition) is 0. The zero-order valence-electron chi connectivity index (χ0n) is 16.0. The van der Waals surface area contributed by atoms with Crippen LogP contribution >= 0.6 is 11.8 Å². The van der Waals surface area contributed by atoms with Crippen LogP contribution in [0.1, 0.15) is 39.0 Å². The highest BCUT2D eigenvalue weighted by Gasteiger charge is 2.26. The first kappa shape index (κ1) is 19.1. The number of rotatable bonds is 7. The highest BCUT2D eigenvalue weighted by Crippen LogP contribution is 2.31. The number of ether oxygens (including phenoxy) is 1. The van der Waals surface area contributed by atoms with Crippen molar-refractivity contribution < 1.29 is 9.53 Å². The maximum atomic E-state index is 13.0. The number of benzene rings is 1. The van der Waals surface area contributed by atoms with Crippen molar-refractivity contribution in [3.8, 4) is 0 Å². The summed E-state index contributed by atoms with van der Waals surface area (Å²) in [6.07, 6.45) is 4.25. The van der Waals surface area contributed by atoms with Gasteiger partial charge in [0.15, 0.2) is 5.16 Å². The Bertz CT molecular complexity index is 1060. The summed E-state index contributed by atoms with van der Waals surface area (Å²) in [5.41, 5.74) is 0.705. The summed E-state index contributed by atoms with van der Waals surface area (Å²) in [6, 6.07) is 7.50. The molecule has 0 amide bonds. The normalized spacial score (nSPS) is 17.6. The Morgan fingerprint density at radius 3 is 2.89 bits per heavy atom. The molecule has 148 valence electrons. The van der Waals surface area contributed by atoms with Gasteiger partial charge in [-0.2, -0.15) is 0 Å². The monoisotopic (exact) mass is 400 g/mol. The number of ketones is 1. The van der Waals surface area contributed by atoms with E-state index < -0.39 is 0 Å². The number of nitrogens with zero attached hydrogens (tertiary/aromatic N) is 4. The summed E-state index contributed by atoms with van der Waals surface area (Å²) in [4.78, 5) is 25.3. The van der Waals surface area contributed by atoms with Crippen molar-refractivity contribution in [3.05, 3.63) is 34.6 Å². The van der Waals surface area contributed by atoms with Gasteiger partial charge in [0.2, 0.25) is 5.78 Å². The summed E-state index contributed by atoms with van der Waals surface area (Å²) in [6.45, 7) is 3.71. The smallest absolute Gasteiger partial charge is 0.262 e. The fraction of sp³-hybridized carbons (Fsp3) is 0.500. The fourth-order valence-electron chi connectivity index (χ4n) is 3.68. The minimum absolute atomic E-state index is 0.0720. The largest absolute Gasteiger partial charge is 0.382 e. The third-order valence-corrected chi connectivity index (χ3v) is 6.36. The number of para-hydroxylation sites is 1. The lowest BCUT2D eigenvalue weighted by Crippen LogP contribution is -2.24.